The molecule has 1 N–H and O–H groups in total. The lowest BCUT2D eigenvalue weighted by atomic mass is 10.0. The van der Waals surface area contributed by atoms with Crippen LogP contribution in [0.5, 0.6) is 0 Å². The highest BCUT2D eigenvalue weighted by atomic mass is 19.1. The SMILES string of the molecule is CCCCc1cc(F)ccc1CNCC. The fourth-order valence-corrected chi connectivity index (χ4v) is 1.63. The molecular formula is C13H20FN. The van der Waals surface area contributed by atoms with Gasteiger partial charge in [0.05, 0.1) is 0 Å². The largest absolute Gasteiger partial charge is 0.313 e. The predicted octanol–water partition coefficient (Wildman–Crippen LogP) is 3.28. The lowest BCUT2D eigenvalue weighted by Crippen LogP contribution is -2.13. The zero-order valence-electron chi connectivity index (χ0n) is 9.65. The van der Waals surface area contributed by atoms with Crippen molar-refractivity contribution in [3.63, 3.8) is 0 Å². The van der Waals surface area contributed by atoms with Crippen LogP contribution < -0.4 is 5.32 Å². The highest BCUT2D eigenvalue weighted by molar-refractivity contribution is 5.28. The fourth-order valence-electron chi connectivity index (χ4n) is 1.63. The number of hydrogen-bond acceptors (Lipinski definition) is 1. The number of hydrogen-bond donors (Lipinski definition) is 1. The quantitative estimate of drug-likeness (QED) is 0.758. The number of aryl methyl sites for hydroxylation is 1. The second kappa shape index (κ2) is 6.57. The van der Waals surface area contributed by atoms with E-state index in [1.165, 1.54) is 5.56 Å². The Bertz CT molecular complexity index is 297. The molecule has 1 aromatic rings. The molecule has 0 aliphatic heterocycles. The van der Waals surface area contributed by atoms with Gasteiger partial charge in [0.2, 0.25) is 0 Å². The third-order valence-electron chi connectivity index (χ3n) is 2.53. The highest BCUT2D eigenvalue weighted by Gasteiger charge is 2.03. The van der Waals surface area contributed by atoms with Gasteiger partial charge in [-0.2, -0.15) is 0 Å². The summed E-state index contributed by atoms with van der Waals surface area (Å²) in [6.07, 6.45) is 3.26. The predicted molar refractivity (Wildman–Crippen MR) is 62.4 cm³/mol. The van der Waals surface area contributed by atoms with Gasteiger partial charge in [0.1, 0.15) is 5.82 Å². The number of halogens is 1. The van der Waals surface area contributed by atoms with Crippen LogP contribution >= 0.6 is 0 Å². The molecule has 15 heavy (non-hydrogen) atoms. The van der Waals surface area contributed by atoms with E-state index in [0.29, 0.717) is 0 Å². The average Bonchev–Trinajstić information content (AvgIpc) is 2.25. The summed E-state index contributed by atoms with van der Waals surface area (Å²) in [6.45, 7) is 6.03. The van der Waals surface area contributed by atoms with Crippen LogP contribution in [0.15, 0.2) is 18.2 Å². The highest BCUT2D eigenvalue weighted by Crippen LogP contribution is 2.14. The van der Waals surface area contributed by atoms with Crippen molar-refractivity contribution >= 4 is 0 Å². The summed E-state index contributed by atoms with van der Waals surface area (Å²) < 4.78 is 13.1. The van der Waals surface area contributed by atoms with Crippen molar-refractivity contribution in [3.8, 4) is 0 Å². The van der Waals surface area contributed by atoms with Crippen molar-refractivity contribution < 1.29 is 4.39 Å². The molecule has 0 aromatic heterocycles. The topological polar surface area (TPSA) is 12.0 Å². The zero-order valence-corrected chi connectivity index (χ0v) is 9.65. The second-order valence-electron chi connectivity index (χ2n) is 3.80. The standard InChI is InChI=1S/C13H20FN/c1-3-5-6-11-9-13(14)8-7-12(11)10-15-4-2/h7-9,15H,3-6,10H2,1-2H3. The van der Waals surface area contributed by atoms with Crippen LogP contribution in [-0.2, 0) is 13.0 Å². The summed E-state index contributed by atoms with van der Waals surface area (Å²) in [5.41, 5.74) is 2.38. The molecule has 0 fully saturated rings. The zero-order chi connectivity index (χ0) is 11.1. The second-order valence-corrected chi connectivity index (χ2v) is 3.80. The molecule has 0 saturated heterocycles. The van der Waals surface area contributed by atoms with E-state index in [1.807, 2.05) is 6.07 Å². The lowest BCUT2D eigenvalue weighted by Gasteiger charge is -2.09. The Balaban J connectivity index is 2.73. The van der Waals surface area contributed by atoms with Crippen LogP contribution in [0.1, 0.15) is 37.8 Å². The first-order chi connectivity index (χ1) is 7.27. The molecule has 0 saturated carbocycles. The Morgan fingerprint density at radius 1 is 1.20 bits per heavy atom. The number of benzene rings is 1. The van der Waals surface area contributed by atoms with Gasteiger partial charge in [-0.25, -0.2) is 4.39 Å². The van der Waals surface area contributed by atoms with Crippen LogP contribution in [0.3, 0.4) is 0 Å². The van der Waals surface area contributed by atoms with Crippen LogP contribution in [0, 0.1) is 5.82 Å². The molecule has 0 aliphatic rings. The first-order valence-electron chi connectivity index (χ1n) is 5.76. The molecule has 0 heterocycles. The molecule has 0 unspecified atom stereocenters. The van der Waals surface area contributed by atoms with Crippen LogP contribution in [0.25, 0.3) is 0 Å². The maximum atomic E-state index is 13.1. The molecule has 2 heteroatoms. The van der Waals surface area contributed by atoms with E-state index < -0.39 is 0 Å². The minimum absolute atomic E-state index is 0.124. The molecule has 0 spiro atoms. The summed E-state index contributed by atoms with van der Waals surface area (Å²) in [7, 11) is 0. The molecule has 1 nitrogen and oxygen atoms in total. The Kier molecular flexibility index (Phi) is 5.33. The van der Waals surface area contributed by atoms with Crippen LogP contribution in [-0.4, -0.2) is 6.54 Å². The summed E-state index contributed by atoms with van der Waals surface area (Å²) in [5.74, 6) is -0.124. The van der Waals surface area contributed by atoms with Crippen molar-refractivity contribution in [1.29, 1.82) is 0 Å². The average molecular weight is 209 g/mol. The van der Waals surface area contributed by atoms with Crippen LogP contribution in [0.4, 0.5) is 4.39 Å². The first-order valence-corrected chi connectivity index (χ1v) is 5.76. The van der Waals surface area contributed by atoms with E-state index >= 15 is 0 Å². The van der Waals surface area contributed by atoms with E-state index in [-0.39, 0.29) is 5.82 Å². The molecule has 0 bridgehead atoms. The lowest BCUT2D eigenvalue weighted by molar-refractivity contribution is 0.620. The van der Waals surface area contributed by atoms with Gasteiger partial charge < -0.3 is 5.32 Å². The number of nitrogens with one attached hydrogen (secondary N) is 1. The molecule has 0 radical (unpaired) electrons. The third kappa shape index (κ3) is 4.00. The van der Waals surface area contributed by atoms with Gasteiger partial charge in [-0.1, -0.05) is 26.3 Å². The van der Waals surface area contributed by atoms with Crippen molar-refractivity contribution in [2.75, 3.05) is 6.54 Å². The normalized spacial score (nSPS) is 10.6. The molecule has 1 rings (SSSR count). The van der Waals surface area contributed by atoms with E-state index in [2.05, 4.69) is 19.2 Å². The minimum atomic E-state index is -0.124. The number of rotatable bonds is 6. The van der Waals surface area contributed by atoms with E-state index in [0.717, 1.165) is 37.9 Å². The van der Waals surface area contributed by atoms with Gasteiger partial charge in [0, 0.05) is 6.54 Å². The molecule has 0 amide bonds. The van der Waals surface area contributed by atoms with Crippen LogP contribution in [0.2, 0.25) is 0 Å². The monoisotopic (exact) mass is 209 g/mol. The molecule has 1 aromatic carbocycles. The Hall–Kier alpha value is -0.890. The smallest absolute Gasteiger partial charge is 0.123 e. The van der Waals surface area contributed by atoms with E-state index in [4.69, 9.17) is 0 Å². The maximum Gasteiger partial charge on any atom is 0.123 e. The van der Waals surface area contributed by atoms with Crippen molar-refractivity contribution in [2.45, 2.75) is 39.7 Å². The first kappa shape index (κ1) is 12.2. The summed E-state index contributed by atoms with van der Waals surface area (Å²) in [6, 6.07) is 5.10. The van der Waals surface area contributed by atoms with Gasteiger partial charge in [0.25, 0.3) is 0 Å². The van der Waals surface area contributed by atoms with Gasteiger partial charge in [-0.3, -0.25) is 0 Å². The molecule has 0 aliphatic carbocycles. The van der Waals surface area contributed by atoms with Gasteiger partial charge in [-0.15, -0.1) is 0 Å². The Morgan fingerprint density at radius 2 is 2.00 bits per heavy atom. The molecular weight excluding hydrogens is 189 g/mol. The Morgan fingerprint density at radius 3 is 2.67 bits per heavy atom. The van der Waals surface area contributed by atoms with Crippen molar-refractivity contribution in [2.24, 2.45) is 0 Å². The third-order valence-corrected chi connectivity index (χ3v) is 2.53. The summed E-state index contributed by atoms with van der Waals surface area (Å²) >= 11 is 0. The fraction of sp³-hybridized carbons (Fsp3) is 0.538. The van der Waals surface area contributed by atoms with Gasteiger partial charge in [0.15, 0.2) is 0 Å². The molecule has 84 valence electrons. The van der Waals surface area contributed by atoms with Gasteiger partial charge in [-0.05, 0) is 42.6 Å². The maximum absolute atomic E-state index is 13.1. The number of unbranched alkanes of at least 4 members (excludes halogenated alkanes) is 1. The Labute approximate surface area is 91.7 Å². The summed E-state index contributed by atoms with van der Waals surface area (Å²) in [5, 5.41) is 3.28. The van der Waals surface area contributed by atoms with Crippen molar-refractivity contribution in [3.05, 3.63) is 35.1 Å². The van der Waals surface area contributed by atoms with E-state index in [9.17, 15) is 4.39 Å². The van der Waals surface area contributed by atoms with Crippen molar-refractivity contribution in [1.82, 2.24) is 5.32 Å². The minimum Gasteiger partial charge on any atom is -0.313 e. The van der Waals surface area contributed by atoms with E-state index in [1.54, 1.807) is 12.1 Å². The van der Waals surface area contributed by atoms with Gasteiger partial charge >= 0.3 is 0 Å². The summed E-state index contributed by atoms with van der Waals surface area (Å²) in [4.78, 5) is 0. The molecule has 0 atom stereocenters.